The number of nitrogens with one attached hydrogen (secondary N) is 1. The maximum atomic E-state index is 12.3. The molecule has 3 aromatic rings. The van der Waals surface area contributed by atoms with Gasteiger partial charge < -0.3 is 15.2 Å². The number of aliphatic carboxylic acids is 1. The van der Waals surface area contributed by atoms with E-state index in [1.54, 1.807) is 11.8 Å². The van der Waals surface area contributed by atoms with Crippen LogP contribution in [0.25, 0.3) is 0 Å². The molecule has 0 spiro atoms. The van der Waals surface area contributed by atoms with E-state index >= 15 is 0 Å². The summed E-state index contributed by atoms with van der Waals surface area (Å²) in [5.41, 5.74) is 4.39. The number of benzene rings is 3. The first-order chi connectivity index (χ1) is 15.0. The minimum atomic E-state index is -1.04. The number of hydrogen-bond acceptors (Lipinski definition) is 4. The Morgan fingerprint density at radius 3 is 2.45 bits per heavy atom. The molecule has 0 fully saturated rings. The predicted molar refractivity (Wildman–Crippen MR) is 126 cm³/mol. The first-order valence-corrected chi connectivity index (χ1v) is 11.7. The van der Waals surface area contributed by atoms with Crippen LogP contribution < -0.4 is 10.1 Å². The van der Waals surface area contributed by atoms with Crippen LogP contribution in [0.5, 0.6) is 5.75 Å². The molecule has 0 heterocycles. The van der Waals surface area contributed by atoms with Crippen LogP contribution in [0.15, 0.2) is 71.6 Å². The fourth-order valence-corrected chi connectivity index (χ4v) is 4.72. The van der Waals surface area contributed by atoms with Gasteiger partial charge in [-0.05, 0) is 42.0 Å². The SMILES string of the molecule is CSc1ccc(NC2(C(=O)O)Cc3ccccc3C2)cc1OCCc1cccc(C)c1. The molecular weight excluding hydrogens is 406 g/mol. The van der Waals surface area contributed by atoms with E-state index in [2.05, 4.69) is 36.5 Å². The summed E-state index contributed by atoms with van der Waals surface area (Å²) >= 11 is 1.62. The zero-order chi connectivity index (χ0) is 21.8. The van der Waals surface area contributed by atoms with Gasteiger partial charge in [-0.2, -0.15) is 0 Å². The molecule has 1 aliphatic carbocycles. The van der Waals surface area contributed by atoms with Crippen molar-refractivity contribution in [2.45, 2.75) is 36.6 Å². The van der Waals surface area contributed by atoms with E-state index in [9.17, 15) is 9.90 Å². The lowest BCUT2D eigenvalue weighted by Crippen LogP contribution is -2.47. The lowest BCUT2D eigenvalue weighted by atomic mass is 9.95. The van der Waals surface area contributed by atoms with E-state index < -0.39 is 11.5 Å². The summed E-state index contributed by atoms with van der Waals surface area (Å²) in [7, 11) is 0. The lowest BCUT2D eigenvalue weighted by molar-refractivity contribution is -0.142. The number of aryl methyl sites for hydroxylation is 1. The second-order valence-corrected chi connectivity index (χ2v) is 8.94. The summed E-state index contributed by atoms with van der Waals surface area (Å²) in [4.78, 5) is 13.3. The Hall–Kier alpha value is -2.92. The van der Waals surface area contributed by atoms with Crippen molar-refractivity contribution in [3.05, 3.63) is 89.0 Å². The van der Waals surface area contributed by atoms with Crippen molar-refractivity contribution < 1.29 is 14.6 Å². The Bertz CT molecular complexity index is 1070. The Balaban J connectivity index is 1.50. The maximum absolute atomic E-state index is 12.3. The summed E-state index contributed by atoms with van der Waals surface area (Å²) < 4.78 is 6.12. The molecule has 160 valence electrons. The van der Waals surface area contributed by atoms with Gasteiger partial charge in [-0.1, -0.05) is 54.1 Å². The highest BCUT2D eigenvalue weighted by atomic mass is 32.2. The molecule has 0 aromatic heterocycles. The largest absolute Gasteiger partial charge is 0.492 e. The van der Waals surface area contributed by atoms with Crippen molar-refractivity contribution in [3.63, 3.8) is 0 Å². The molecule has 0 aliphatic heterocycles. The number of carbonyl (C=O) groups is 1. The van der Waals surface area contributed by atoms with Crippen molar-refractivity contribution >= 4 is 23.4 Å². The Labute approximate surface area is 187 Å². The van der Waals surface area contributed by atoms with Gasteiger partial charge in [0.1, 0.15) is 11.3 Å². The standard InChI is InChI=1S/C26H27NO3S/c1-18-6-5-7-19(14-18)12-13-30-23-15-22(10-11-24(23)31-2)27-26(25(28)29)16-20-8-3-4-9-21(20)17-26/h3-11,14-15,27H,12-13,16-17H2,1-2H3,(H,28,29). The van der Waals surface area contributed by atoms with Gasteiger partial charge in [0.15, 0.2) is 0 Å². The number of carboxylic acids is 1. The molecule has 2 N–H and O–H groups in total. The number of carboxylic acid groups (broad SMARTS) is 1. The van der Waals surface area contributed by atoms with Gasteiger partial charge in [-0.25, -0.2) is 4.79 Å². The van der Waals surface area contributed by atoms with Gasteiger partial charge in [0.05, 0.1) is 6.61 Å². The minimum Gasteiger partial charge on any atom is -0.492 e. The van der Waals surface area contributed by atoms with Gasteiger partial charge in [0.25, 0.3) is 0 Å². The number of rotatable bonds is 8. The normalized spacial score (nSPS) is 14.1. The second-order valence-electron chi connectivity index (χ2n) is 8.09. The second kappa shape index (κ2) is 9.06. The van der Waals surface area contributed by atoms with Crippen LogP contribution in [0.4, 0.5) is 5.69 Å². The molecule has 31 heavy (non-hydrogen) atoms. The third-order valence-electron chi connectivity index (χ3n) is 5.79. The molecule has 0 atom stereocenters. The fourth-order valence-electron chi connectivity index (χ4n) is 4.20. The van der Waals surface area contributed by atoms with E-state index in [1.807, 2.05) is 48.7 Å². The highest BCUT2D eigenvalue weighted by Crippen LogP contribution is 2.36. The molecule has 1 aliphatic rings. The van der Waals surface area contributed by atoms with E-state index in [4.69, 9.17) is 4.74 Å². The number of anilines is 1. The first-order valence-electron chi connectivity index (χ1n) is 10.4. The van der Waals surface area contributed by atoms with Crippen LogP contribution >= 0.6 is 11.8 Å². The highest BCUT2D eigenvalue weighted by molar-refractivity contribution is 7.98. The predicted octanol–water partition coefficient (Wildman–Crippen LogP) is 5.37. The fraction of sp³-hybridized carbons (Fsp3) is 0.269. The van der Waals surface area contributed by atoms with Gasteiger partial charge in [-0.15, -0.1) is 11.8 Å². The molecule has 0 amide bonds. The van der Waals surface area contributed by atoms with Gasteiger partial charge in [-0.3, -0.25) is 0 Å². The lowest BCUT2D eigenvalue weighted by Gasteiger charge is -2.27. The molecule has 0 unspecified atom stereocenters. The Morgan fingerprint density at radius 1 is 1.06 bits per heavy atom. The molecular formula is C26H27NO3S. The van der Waals surface area contributed by atoms with E-state index in [-0.39, 0.29) is 0 Å². The van der Waals surface area contributed by atoms with E-state index in [1.165, 1.54) is 11.1 Å². The molecule has 0 radical (unpaired) electrons. The highest BCUT2D eigenvalue weighted by Gasteiger charge is 2.44. The van der Waals surface area contributed by atoms with E-state index in [0.717, 1.165) is 33.9 Å². The topological polar surface area (TPSA) is 58.6 Å². The zero-order valence-corrected chi connectivity index (χ0v) is 18.7. The molecule has 0 bridgehead atoms. The molecule has 3 aromatic carbocycles. The van der Waals surface area contributed by atoms with Crippen LogP contribution in [0, 0.1) is 6.92 Å². The molecule has 5 heteroatoms. The zero-order valence-electron chi connectivity index (χ0n) is 17.9. The van der Waals surface area contributed by atoms with Gasteiger partial charge in [0, 0.05) is 35.9 Å². The van der Waals surface area contributed by atoms with Gasteiger partial charge in [0.2, 0.25) is 0 Å². The monoisotopic (exact) mass is 433 g/mol. The average molecular weight is 434 g/mol. The third-order valence-corrected chi connectivity index (χ3v) is 6.57. The average Bonchev–Trinajstić information content (AvgIpc) is 3.13. The Kier molecular flexibility index (Phi) is 6.23. The van der Waals surface area contributed by atoms with Crippen molar-refractivity contribution in [1.29, 1.82) is 0 Å². The van der Waals surface area contributed by atoms with Crippen LogP contribution in [-0.2, 0) is 24.1 Å². The molecule has 0 saturated heterocycles. The summed E-state index contributed by atoms with van der Waals surface area (Å²) in [6, 6.07) is 22.2. The number of thioether (sulfide) groups is 1. The van der Waals surface area contributed by atoms with Crippen molar-refractivity contribution in [2.24, 2.45) is 0 Å². The summed E-state index contributed by atoms with van der Waals surface area (Å²) in [5, 5.41) is 13.4. The molecule has 4 nitrogen and oxygen atoms in total. The Morgan fingerprint density at radius 2 is 1.81 bits per heavy atom. The van der Waals surface area contributed by atoms with Crippen molar-refractivity contribution in [3.8, 4) is 5.75 Å². The first kappa shape index (κ1) is 21.3. The van der Waals surface area contributed by atoms with E-state index in [0.29, 0.717) is 19.4 Å². The number of ether oxygens (including phenoxy) is 1. The van der Waals surface area contributed by atoms with Gasteiger partial charge >= 0.3 is 5.97 Å². The molecule has 0 saturated carbocycles. The van der Waals surface area contributed by atoms with Crippen LogP contribution in [0.1, 0.15) is 22.3 Å². The minimum absolute atomic E-state index is 0.465. The number of fused-ring (bicyclic) bond motifs is 1. The van der Waals surface area contributed by atoms with Crippen molar-refractivity contribution in [2.75, 3.05) is 18.2 Å². The van der Waals surface area contributed by atoms with Crippen molar-refractivity contribution in [1.82, 2.24) is 0 Å². The molecule has 4 rings (SSSR count). The third kappa shape index (κ3) is 4.72. The van der Waals surface area contributed by atoms with Crippen LogP contribution in [0.3, 0.4) is 0 Å². The summed E-state index contributed by atoms with van der Waals surface area (Å²) in [5.74, 6) is -0.0549. The quantitative estimate of drug-likeness (QED) is 0.468. The summed E-state index contributed by atoms with van der Waals surface area (Å²) in [6.45, 7) is 2.65. The smallest absolute Gasteiger partial charge is 0.330 e. The van der Waals surface area contributed by atoms with Crippen LogP contribution in [0.2, 0.25) is 0 Å². The van der Waals surface area contributed by atoms with Crippen LogP contribution in [-0.4, -0.2) is 29.5 Å². The summed E-state index contributed by atoms with van der Waals surface area (Å²) in [6.07, 6.45) is 3.77. The maximum Gasteiger partial charge on any atom is 0.330 e. The number of hydrogen-bond donors (Lipinski definition) is 2.